The summed E-state index contributed by atoms with van der Waals surface area (Å²) in [6.45, 7) is 6.97. The lowest BCUT2D eigenvalue weighted by Crippen LogP contribution is -2.45. The Hall–Kier alpha value is -2.26. The molecule has 0 radical (unpaired) electrons. The van der Waals surface area contributed by atoms with Gasteiger partial charge in [-0.15, -0.1) is 0 Å². The molecule has 1 aliphatic heterocycles. The number of aromatic nitrogens is 1. The van der Waals surface area contributed by atoms with E-state index in [0.29, 0.717) is 17.6 Å². The van der Waals surface area contributed by atoms with Crippen molar-refractivity contribution in [3.8, 4) is 5.75 Å². The molecule has 2 aliphatic rings. The fraction of sp³-hybridized carbons (Fsp3) is 0.560. The van der Waals surface area contributed by atoms with Crippen molar-refractivity contribution in [3.05, 3.63) is 35.5 Å². The van der Waals surface area contributed by atoms with Crippen molar-refractivity contribution in [1.82, 2.24) is 9.88 Å². The Bertz CT molecular complexity index is 1030. The van der Waals surface area contributed by atoms with E-state index >= 15 is 0 Å². The van der Waals surface area contributed by atoms with Gasteiger partial charge in [-0.25, -0.2) is 9.78 Å². The molecule has 2 heterocycles. The normalized spacial score (nSPS) is 19.9. The van der Waals surface area contributed by atoms with Gasteiger partial charge in [0.2, 0.25) is 0 Å². The van der Waals surface area contributed by atoms with E-state index in [4.69, 9.17) is 4.74 Å². The maximum Gasteiger partial charge on any atom is 0.323 e. The number of carboxylic acids is 1. The molecule has 0 atom stereocenters. The number of amides is 2. The first-order valence-corrected chi connectivity index (χ1v) is 13.5. The maximum atomic E-state index is 13.4. The standard InChI is InChI=1S/C25H33N3O4S2/c1-16-4-8-19(9-5-16)28(12-10-17-6-7-18-11-13-32-20(18)14-17)24(31)27-23-26-15-21(33-23)34-25(2,3)22(29)30/h6-7,14-16,19H,4-5,8-13H2,1-3H3,(H,29,30)(H,26,27,31)/t16-,19-. The van der Waals surface area contributed by atoms with Gasteiger partial charge in [0.15, 0.2) is 5.13 Å². The summed E-state index contributed by atoms with van der Waals surface area (Å²) in [6, 6.07) is 6.45. The summed E-state index contributed by atoms with van der Waals surface area (Å²) < 4.78 is 5.52. The average molecular weight is 504 g/mol. The van der Waals surface area contributed by atoms with Gasteiger partial charge < -0.3 is 14.7 Å². The molecule has 2 N–H and O–H groups in total. The number of thioether (sulfide) groups is 1. The molecule has 9 heteroatoms. The summed E-state index contributed by atoms with van der Waals surface area (Å²) in [5.74, 6) is 0.786. The van der Waals surface area contributed by atoms with Crippen molar-refractivity contribution in [3.63, 3.8) is 0 Å². The molecule has 1 saturated carbocycles. The van der Waals surface area contributed by atoms with E-state index in [-0.39, 0.29) is 12.1 Å². The number of urea groups is 1. The number of thiazole rings is 1. The molecule has 7 nitrogen and oxygen atoms in total. The second kappa shape index (κ2) is 10.6. The number of benzene rings is 1. The van der Waals surface area contributed by atoms with E-state index in [0.717, 1.165) is 55.1 Å². The Morgan fingerprint density at radius 3 is 2.79 bits per heavy atom. The molecule has 0 unspecified atom stereocenters. The molecule has 0 spiro atoms. The number of ether oxygens (including phenoxy) is 1. The zero-order chi connectivity index (χ0) is 24.3. The van der Waals surface area contributed by atoms with Crippen LogP contribution in [-0.2, 0) is 17.6 Å². The zero-order valence-corrected chi connectivity index (χ0v) is 21.6. The van der Waals surface area contributed by atoms with Crippen LogP contribution in [0.15, 0.2) is 28.6 Å². The van der Waals surface area contributed by atoms with Crippen LogP contribution in [0.3, 0.4) is 0 Å². The highest BCUT2D eigenvalue weighted by Gasteiger charge is 2.31. The highest BCUT2D eigenvalue weighted by molar-refractivity contribution is 8.03. The van der Waals surface area contributed by atoms with Crippen LogP contribution in [0.1, 0.15) is 57.6 Å². The van der Waals surface area contributed by atoms with Crippen LogP contribution in [0, 0.1) is 5.92 Å². The van der Waals surface area contributed by atoms with Gasteiger partial charge in [-0.05, 0) is 69.1 Å². The third-order valence-electron chi connectivity index (χ3n) is 6.66. The van der Waals surface area contributed by atoms with Crippen LogP contribution in [0.4, 0.5) is 9.93 Å². The number of fused-ring (bicyclic) bond motifs is 1. The van der Waals surface area contributed by atoms with Gasteiger partial charge in [-0.1, -0.05) is 42.2 Å². The average Bonchev–Trinajstić information content (AvgIpc) is 3.43. The zero-order valence-electron chi connectivity index (χ0n) is 20.0. The summed E-state index contributed by atoms with van der Waals surface area (Å²) in [4.78, 5) is 31.1. The first-order chi connectivity index (χ1) is 16.2. The Labute approximate surface area is 209 Å². The van der Waals surface area contributed by atoms with Crippen LogP contribution in [0.2, 0.25) is 0 Å². The SMILES string of the molecule is CC(C)(Sc1cnc(NC(=O)N(CCc2ccc3c(c2)OCC3)[C@H]2CC[C@H](C)CC2)s1)C(=O)O. The number of carboxylic acid groups (broad SMARTS) is 1. The largest absolute Gasteiger partial charge is 0.493 e. The molecule has 0 saturated heterocycles. The predicted octanol–water partition coefficient (Wildman–Crippen LogP) is 5.69. The third kappa shape index (κ3) is 6.05. The summed E-state index contributed by atoms with van der Waals surface area (Å²) >= 11 is 2.55. The molecule has 34 heavy (non-hydrogen) atoms. The number of nitrogens with zero attached hydrogens (tertiary/aromatic N) is 2. The fourth-order valence-electron chi connectivity index (χ4n) is 4.44. The smallest absolute Gasteiger partial charge is 0.323 e. The third-order valence-corrected chi connectivity index (χ3v) is 8.86. The van der Waals surface area contributed by atoms with Gasteiger partial charge >= 0.3 is 12.0 Å². The molecular weight excluding hydrogens is 470 g/mol. The highest BCUT2D eigenvalue weighted by atomic mass is 32.2. The van der Waals surface area contributed by atoms with Gasteiger partial charge in [0.05, 0.1) is 17.0 Å². The first-order valence-electron chi connectivity index (χ1n) is 11.9. The Morgan fingerprint density at radius 1 is 1.29 bits per heavy atom. The molecule has 2 amide bonds. The molecule has 2 aromatic rings. The molecular formula is C25H33N3O4S2. The molecule has 1 aromatic carbocycles. The molecule has 4 rings (SSSR count). The molecule has 1 fully saturated rings. The number of anilines is 1. The lowest BCUT2D eigenvalue weighted by Gasteiger charge is -2.36. The van der Waals surface area contributed by atoms with Gasteiger partial charge in [-0.3, -0.25) is 10.1 Å². The van der Waals surface area contributed by atoms with E-state index in [1.54, 1.807) is 20.0 Å². The number of carbonyl (C=O) groups excluding carboxylic acids is 1. The van der Waals surface area contributed by atoms with Gasteiger partial charge in [0.1, 0.15) is 10.5 Å². The Morgan fingerprint density at radius 2 is 2.06 bits per heavy atom. The molecule has 184 valence electrons. The van der Waals surface area contributed by atoms with E-state index in [1.165, 1.54) is 34.2 Å². The monoisotopic (exact) mass is 503 g/mol. The minimum absolute atomic E-state index is 0.139. The summed E-state index contributed by atoms with van der Waals surface area (Å²) in [5, 5.41) is 12.8. The second-order valence-electron chi connectivity index (χ2n) is 9.73. The number of hydrogen-bond acceptors (Lipinski definition) is 6. The van der Waals surface area contributed by atoms with Crippen LogP contribution < -0.4 is 10.1 Å². The van der Waals surface area contributed by atoms with E-state index in [9.17, 15) is 14.7 Å². The minimum Gasteiger partial charge on any atom is -0.493 e. The minimum atomic E-state index is -0.960. The number of carbonyl (C=O) groups is 2. The van der Waals surface area contributed by atoms with Crippen molar-refractivity contribution < 1.29 is 19.4 Å². The van der Waals surface area contributed by atoms with Crippen molar-refractivity contribution in [2.24, 2.45) is 5.92 Å². The predicted molar refractivity (Wildman–Crippen MR) is 136 cm³/mol. The number of hydrogen-bond donors (Lipinski definition) is 2. The first kappa shape index (κ1) is 24.9. The summed E-state index contributed by atoms with van der Waals surface area (Å²) in [6.07, 6.45) is 7.63. The van der Waals surface area contributed by atoms with E-state index in [2.05, 4.69) is 35.4 Å². The van der Waals surface area contributed by atoms with Gasteiger partial charge in [-0.2, -0.15) is 0 Å². The number of nitrogens with one attached hydrogen (secondary N) is 1. The second-order valence-corrected chi connectivity index (χ2v) is 12.7. The fourth-order valence-corrected chi connectivity index (χ4v) is 6.71. The van der Waals surface area contributed by atoms with Crippen LogP contribution in [0.5, 0.6) is 5.75 Å². The Balaban J connectivity index is 1.43. The topological polar surface area (TPSA) is 91.8 Å². The number of aliphatic carboxylic acids is 1. The molecule has 1 aliphatic carbocycles. The Kier molecular flexibility index (Phi) is 7.72. The van der Waals surface area contributed by atoms with Crippen molar-refractivity contribution in [1.29, 1.82) is 0 Å². The van der Waals surface area contributed by atoms with E-state index < -0.39 is 10.7 Å². The van der Waals surface area contributed by atoms with Crippen molar-refractivity contribution in [2.75, 3.05) is 18.5 Å². The van der Waals surface area contributed by atoms with Gasteiger partial charge in [0, 0.05) is 19.0 Å². The molecule has 0 bridgehead atoms. The van der Waals surface area contributed by atoms with Crippen LogP contribution in [0.25, 0.3) is 0 Å². The maximum absolute atomic E-state index is 13.4. The lowest BCUT2D eigenvalue weighted by atomic mass is 9.86. The van der Waals surface area contributed by atoms with Crippen LogP contribution in [-0.4, -0.2) is 50.9 Å². The van der Waals surface area contributed by atoms with Crippen LogP contribution >= 0.6 is 23.1 Å². The van der Waals surface area contributed by atoms with Crippen molar-refractivity contribution in [2.45, 2.75) is 74.3 Å². The lowest BCUT2D eigenvalue weighted by molar-refractivity contribution is -0.138. The molecule has 1 aromatic heterocycles. The van der Waals surface area contributed by atoms with Gasteiger partial charge in [0.25, 0.3) is 0 Å². The number of rotatable bonds is 8. The van der Waals surface area contributed by atoms with E-state index in [1.807, 2.05) is 4.90 Å². The summed E-state index contributed by atoms with van der Waals surface area (Å²) in [7, 11) is 0. The highest BCUT2D eigenvalue weighted by Crippen LogP contribution is 2.38. The summed E-state index contributed by atoms with van der Waals surface area (Å²) in [5.41, 5.74) is 2.43. The quantitative estimate of drug-likeness (QED) is 0.450. The van der Waals surface area contributed by atoms with Crippen molar-refractivity contribution >= 4 is 40.2 Å².